The van der Waals surface area contributed by atoms with Crippen molar-refractivity contribution in [3.8, 4) is 11.8 Å². The lowest BCUT2D eigenvalue weighted by Crippen LogP contribution is -2.05. The molecule has 3 heteroatoms. The molecule has 0 aliphatic carbocycles. The van der Waals surface area contributed by atoms with Crippen LogP contribution in [0.25, 0.3) is 0 Å². The van der Waals surface area contributed by atoms with E-state index in [0.717, 1.165) is 18.4 Å². The van der Waals surface area contributed by atoms with Gasteiger partial charge in [0.05, 0.1) is 6.10 Å². The monoisotopic (exact) mass is 234 g/mol. The number of hydrogen-bond acceptors (Lipinski definition) is 2. The van der Waals surface area contributed by atoms with Crippen LogP contribution in [0.4, 0.5) is 4.39 Å². The van der Waals surface area contributed by atoms with Gasteiger partial charge in [-0.25, -0.2) is 4.39 Å². The highest BCUT2D eigenvalue weighted by molar-refractivity contribution is 5.21. The highest BCUT2D eigenvalue weighted by Gasteiger charge is 2.25. The number of hydrogen-bond donors (Lipinski definition) is 1. The van der Waals surface area contributed by atoms with E-state index in [0.29, 0.717) is 0 Å². The van der Waals surface area contributed by atoms with Gasteiger partial charge in [-0.1, -0.05) is 24.0 Å². The van der Waals surface area contributed by atoms with Crippen LogP contribution in [0.3, 0.4) is 0 Å². The molecule has 1 fully saturated rings. The molecule has 0 saturated carbocycles. The molecule has 1 heterocycles. The minimum atomic E-state index is -0.622. The zero-order valence-electron chi connectivity index (χ0n) is 9.69. The van der Waals surface area contributed by atoms with Crippen LogP contribution in [0.2, 0.25) is 0 Å². The van der Waals surface area contributed by atoms with E-state index in [1.165, 1.54) is 12.1 Å². The number of ether oxygens (including phenoxy) is 1. The second kappa shape index (κ2) is 5.31. The third-order valence-corrected chi connectivity index (χ3v) is 2.71. The quantitative estimate of drug-likeness (QED) is 0.756. The van der Waals surface area contributed by atoms with Crippen molar-refractivity contribution >= 4 is 0 Å². The SMILES string of the molecule is CC(O)C#C[C@@H]1CC[C@@H](c2ccc(F)cc2)O1. The third-order valence-electron chi connectivity index (χ3n) is 2.71. The van der Waals surface area contributed by atoms with Gasteiger partial charge in [-0.05, 0) is 37.5 Å². The van der Waals surface area contributed by atoms with E-state index in [9.17, 15) is 4.39 Å². The van der Waals surface area contributed by atoms with Crippen molar-refractivity contribution in [2.75, 3.05) is 0 Å². The second-order valence-electron chi connectivity index (χ2n) is 4.21. The van der Waals surface area contributed by atoms with Gasteiger partial charge in [0.25, 0.3) is 0 Å². The van der Waals surface area contributed by atoms with Gasteiger partial charge in [-0.3, -0.25) is 0 Å². The topological polar surface area (TPSA) is 29.5 Å². The minimum absolute atomic E-state index is 0.0103. The molecule has 1 unspecified atom stereocenters. The minimum Gasteiger partial charge on any atom is -0.381 e. The van der Waals surface area contributed by atoms with Crippen LogP contribution in [-0.2, 0) is 4.74 Å². The molecule has 2 rings (SSSR count). The Morgan fingerprint density at radius 1 is 1.35 bits per heavy atom. The van der Waals surface area contributed by atoms with Crippen LogP contribution in [0.15, 0.2) is 24.3 Å². The number of halogens is 1. The van der Waals surface area contributed by atoms with Crippen molar-refractivity contribution in [2.24, 2.45) is 0 Å². The lowest BCUT2D eigenvalue weighted by Gasteiger charge is -2.10. The molecule has 0 bridgehead atoms. The van der Waals surface area contributed by atoms with Gasteiger partial charge in [-0.2, -0.15) is 0 Å². The molecule has 17 heavy (non-hydrogen) atoms. The lowest BCUT2D eigenvalue weighted by atomic mass is 10.1. The van der Waals surface area contributed by atoms with Crippen LogP contribution in [0.1, 0.15) is 31.4 Å². The molecule has 0 amide bonds. The van der Waals surface area contributed by atoms with Crippen molar-refractivity contribution in [1.82, 2.24) is 0 Å². The van der Waals surface area contributed by atoms with Crippen LogP contribution in [0, 0.1) is 17.7 Å². The zero-order valence-corrected chi connectivity index (χ0v) is 9.69. The number of benzene rings is 1. The van der Waals surface area contributed by atoms with Gasteiger partial charge >= 0.3 is 0 Å². The van der Waals surface area contributed by atoms with Gasteiger partial charge in [-0.15, -0.1) is 0 Å². The van der Waals surface area contributed by atoms with Gasteiger partial charge in [0.1, 0.15) is 18.0 Å². The Balaban J connectivity index is 1.99. The van der Waals surface area contributed by atoms with E-state index in [1.807, 2.05) is 0 Å². The molecule has 2 nitrogen and oxygen atoms in total. The summed E-state index contributed by atoms with van der Waals surface area (Å²) in [6.07, 6.45) is 0.971. The predicted octanol–water partition coefficient (Wildman–Crippen LogP) is 2.43. The summed E-state index contributed by atoms with van der Waals surface area (Å²) in [5.41, 5.74) is 0.979. The molecule has 0 radical (unpaired) electrons. The number of aliphatic hydroxyl groups is 1. The molecular formula is C14H15FO2. The fraction of sp³-hybridized carbons (Fsp3) is 0.429. The molecule has 3 atom stereocenters. The van der Waals surface area contributed by atoms with E-state index in [-0.39, 0.29) is 18.0 Å². The summed E-state index contributed by atoms with van der Waals surface area (Å²) in [4.78, 5) is 0. The molecule has 1 saturated heterocycles. The molecule has 0 aromatic heterocycles. The van der Waals surface area contributed by atoms with Gasteiger partial charge in [0.15, 0.2) is 0 Å². The fourth-order valence-electron chi connectivity index (χ4n) is 1.88. The van der Waals surface area contributed by atoms with Crippen molar-refractivity contribution in [1.29, 1.82) is 0 Å². The molecule has 90 valence electrons. The highest BCUT2D eigenvalue weighted by atomic mass is 19.1. The summed E-state index contributed by atoms with van der Waals surface area (Å²) in [7, 11) is 0. The Morgan fingerprint density at radius 3 is 2.71 bits per heavy atom. The average Bonchev–Trinajstić information content (AvgIpc) is 2.76. The normalized spacial score (nSPS) is 25.1. The number of rotatable bonds is 1. The smallest absolute Gasteiger partial charge is 0.123 e. The summed E-state index contributed by atoms with van der Waals surface area (Å²) < 4.78 is 18.5. The van der Waals surface area contributed by atoms with E-state index < -0.39 is 6.10 Å². The van der Waals surface area contributed by atoms with Gasteiger partial charge < -0.3 is 9.84 Å². The molecule has 1 aliphatic heterocycles. The standard InChI is InChI=1S/C14H15FO2/c1-10(16)2-7-13-8-9-14(17-13)11-3-5-12(15)6-4-11/h3-6,10,13-14,16H,8-9H2,1H3/t10?,13-,14+/m1/s1. The molecule has 1 aromatic rings. The second-order valence-corrected chi connectivity index (χ2v) is 4.21. The Bertz CT molecular complexity index is 428. The maximum atomic E-state index is 12.8. The van der Waals surface area contributed by atoms with Crippen molar-refractivity contribution < 1.29 is 14.2 Å². The Morgan fingerprint density at radius 2 is 2.06 bits per heavy atom. The molecule has 0 spiro atoms. The van der Waals surface area contributed by atoms with Crippen LogP contribution in [-0.4, -0.2) is 17.3 Å². The fourth-order valence-corrected chi connectivity index (χ4v) is 1.88. The Hall–Kier alpha value is -1.37. The van der Waals surface area contributed by atoms with Crippen molar-refractivity contribution in [2.45, 2.75) is 38.1 Å². The molecular weight excluding hydrogens is 219 g/mol. The zero-order chi connectivity index (χ0) is 12.3. The van der Waals surface area contributed by atoms with Gasteiger partial charge in [0, 0.05) is 0 Å². The first kappa shape index (κ1) is 12.1. The van der Waals surface area contributed by atoms with Gasteiger partial charge in [0.2, 0.25) is 0 Å². The summed E-state index contributed by atoms with van der Waals surface area (Å²) >= 11 is 0. The lowest BCUT2D eigenvalue weighted by molar-refractivity contribution is 0.0758. The number of aliphatic hydroxyl groups excluding tert-OH is 1. The summed E-state index contributed by atoms with van der Waals surface area (Å²) in [5.74, 6) is 5.35. The summed E-state index contributed by atoms with van der Waals surface area (Å²) in [6.45, 7) is 1.62. The largest absolute Gasteiger partial charge is 0.381 e. The third kappa shape index (κ3) is 3.29. The van der Waals surface area contributed by atoms with Crippen molar-refractivity contribution in [3.05, 3.63) is 35.6 Å². The first-order valence-corrected chi connectivity index (χ1v) is 5.75. The average molecular weight is 234 g/mol. The summed E-state index contributed by atoms with van der Waals surface area (Å²) in [5, 5.41) is 9.06. The molecule has 1 N–H and O–H groups in total. The maximum Gasteiger partial charge on any atom is 0.123 e. The Kier molecular flexibility index (Phi) is 3.78. The summed E-state index contributed by atoms with van der Waals surface area (Å²) in [6, 6.07) is 6.36. The van der Waals surface area contributed by atoms with Crippen LogP contribution < -0.4 is 0 Å². The highest BCUT2D eigenvalue weighted by Crippen LogP contribution is 2.32. The van der Waals surface area contributed by atoms with Crippen molar-refractivity contribution in [3.63, 3.8) is 0 Å². The van der Waals surface area contributed by atoms with E-state index in [2.05, 4.69) is 11.8 Å². The first-order valence-electron chi connectivity index (χ1n) is 5.75. The predicted molar refractivity (Wildman–Crippen MR) is 62.7 cm³/mol. The first-order chi connectivity index (χ1) is 8.15. The van der Waals surface area contributed by atoms with Crippen LogP contribution in [0.5, 0.6) is 0 Å². The maximum absolute atomic E-state index is 12.8. The van der Waals surface area contributed by atoms with E-state index in [1.54, 1.807) is 19.1 Å². The molecule has 1 aliphatic rings. The Labute approximate surface area is 100 Å². The van der Waals surface area contributed by atoms with E-state index >= 15 is 0 Å². The van der Waals surface area contributed by atoms with E-state index in [4.69, 9.17) is 9.84 Å². The molecule has 1 aromatic carbocycles. The van der Waals surface area contributed by atoms with Crippen LogP contribution >= 0.6 is 0 Å².